The van der Waals surface area contributed by atoms with Gasteiger partial charge in [-0.3, -0.25) is 9.78 Å². The van der Waals surface area contributed by atoms with Crippen molar-refractivity contribution in [3.8, 4) is 0 Å². The third-order valence-electron chi connectivity index (χ3n) is 3.44. The van der Waals surface area contributed by atoms with Crippen LogP contribution >= 0.6 is 0 Å². The number of pyridine rings is 2. The summed E-state index contributed by atoms with van der Waals surface area (Å²) in [5.74, 6) is -2.51. The van der Waals surface area contributed by atoms with E-state index in [1.54, 1.807) is 18.5 Å². The van der Waals surface area contributed by atoms with Gasteiger partial charge in [0.1, 0.15) is 11.9 Å². The van der Waals surface area contributed by atoms with E-state index in [2.05, 4.69) is 15.3 Å². The summed E-state index contributed by atoms with van der Waals surface area (Å²) in [5.41, 5.74) is 0.399. The lowest BCUT2D eigenvalue weighted by Gasteiger charge is -2.19. The van der Waals surface area contributed by atoms with E-state index in [9.17, 15) is 13.6 Å². The Balaban J connectivity index is 1.75. The minimum absolute atomic E-state index is 0.317. The van der Waals surface area contributed by atoms with Crippen LogP contribution in [0.2, 0.25) is 0 Å². The molecule has 22 heavy (non-hydrogen) atoms. The number of hydrogen-bond donors (Lipinski definition) is 1. The predicted molar refractivity (Wildman–Crippen MR) is 73.0 cm³/mol. The van der Waals surface area contributed by atoms with Gasteiger partial charge in [0.25, 0.3) is 5.91 Å². The third kappa shape index (κ3) is 2.94. The Kier molecular flexibility index (Phi) is 4.06. The summed E-state index contributed by atoms with van der Waals surface area (Å²) in [6.45, 7) is 0.476. The predicted octanol–water partition coefficient (Wildman–Crippen LogP) is 2.01. The molecular formula is C15H13F2N3O2. The van der Waals surface area contributed by atoms with E-state index in [0.717, 1.165) is 11.8 Å². The Morgan fingerprint density at radius 3 is 2.95 bits per heavy atom. The molecule has 2 aromatic heterocycles. The quantitative estimate of drug-likeness (QED) is 0.942. The Morgan fingerprint density at radius 1 is 1.36 bits per heavy atom. The van der Waals surface area contributed by atoms with Gasteiger partial charge < -0.3 is 10.1 Å². The molecule has 1 fully saturated rings. The minimum atomic E-state index is -0.991. The summed E-state index contributed by atoms with van der Waals surface area (Å²) in [7, 11) is 0. The highest BCUT2D eigenvalue weighted by Crippen LogP contribution is 2.28. The molecule has 1 saturated heterocycles. The van der Waals surface area contributed by atoms with Crippen LogP contribution in [-0.2, 0) is 4.74 Å². The normalized spacial score (nSPS) is 20.8. The lowest BCUT2D eigenvalue weighted by atomic mass is 10.0. The molecule has 0 radical (unpaired) electrons. The van der Waals surface area contributed by atoms with E-state index in [1.165, 1.54) is 0 Å². The number of carbonyl (C=O) groups excluding carboxylic acids is 1. The molecule has 1 amide bonds. The largest absolute Gasteiger partial charge is 0.371 e. The van der Waals surface area contributed by atoms with Gasteiger partial charge in [0, 0.05) is 30.6 Å². The minimum Gasteiger partial charge on any atom is -0.371 e. The maximum atomic E-state index is 13.6. The zero-order valence-corrected chi connectivity index (χ0v) is 11.5. The second kappa shape index (κ2) is 6.15. The molecule has 1 aliphatic heterocycles. The molecule has 0 aromatic carbocycles. The highest BCUT2D eigenvalue weighted by atomic mass is 19.1. The van der Waals surface area contributed by atoms with Gasteiger partial charge in [-0.2, -0.15) is 0 Å². The molecule has 7 heteroatoms. The fourth-order valence-electron chi connectivity index (χ4n) is 2.43. The summed E-state index contributed by atoms with van der Waals surface area (Å²) in [5, 5.41) is 2.69. The fourth-order valence-corrected chi connectivity index (χ4v) is 2.43. The summed E-state index contributed by atoms with van der Waals surface area (Å²) in [4.78, 5) is 19.6. The number of carbonyl (C=O) groups is 1. The van der Waals surface area contributed by atoms with E-state index in [1.807, 2.05) is 6.07 Å². The Bertz CT molecular complexity index is 682. The van der Waals surface area contributed by atoms with Crippen molar-refractivity contribution in [3.05, 3.63) is 59.7 Å². The molecule has 5 nitrogen and oxygen atoms in total. The molecule has 0 aliphatic carbocycles. The molecule has 0 unspecified atom stereocenters. The summed E-state index contributed by atoms with van der Waals surface area (Å²) in [6, 6.07) is 3.93. The first kappa shape index (κ1) is 14.5. The van der Waals surface area contributed by atoms with E-state index < -0.39 is 23.2 Å². The molecule has 0 saturated carbocycles. The van der Waals surface area contributed by atoms with Crippen molar-refractivity contribution in [2.45, 2.75) is 18.6 Å². The number of amides is 1. The monoisotopic (exact) mass is 305 g/mol. The van der Waals surface area contributed by atoms with Gasteiger partial charge in [-0.15, -0.1) is 0 Å². The first-order chi connectivity index (χ1) is 10.6. The highest BCUT2D eigenvalue weighted by Gasteiger charge is 2.32. The van der Waals surface area contributed by atoms with Crippen LogP contribution in [0.4, 0.5) is 8.78 Å². The van der Waals surface area contributed by atoms with Crippen LogP contribution < -0.4 is 5.32 Å². The van der Waals surface area contributed by atoms with Crippen LogP contribution in [0, 0.1) is 11.6 Å². The molecular weight excluding hydrogens is 292 g/mol. The summed E-state index contributed by atoms with van der Waals surface area (Å²) in [6.07, 6.45) is 4.35. The van der Waals surface area contributed by atoms with Crippen molar-refractivity contribution in [1.82, 2.24) is 15.3 Å². The average molecular weight is 305 g/mol. The van der Waals surface area contributed by atoms with Gasteiger partial charge in [-0.1, -0.05) is 6.07 Å². The van der Waals surface area contributed by atoms with Gasteiger partial charge >= 0.3 is 0 Å². The number of rotatable bonds is 3. The first-order valence-electron chi connectivity index (χ1n) is 6.78. The van der Waals surface area contributed by atoms with E-state index in [-0.39, 0.29) is 12.1 Å². The third-order valence-corrected chi connectivity index (χ3v) is 3.44. The van der Waals surface area contributed by atoms with Crippen LogP contribution in [0.1, 0.15) is 28.6 Å². The highest BCUT2D eigenvalue weighted by molar-refractivity contribution is 5.92. The summed E-state index contributed by atoms with van der Waals surface area (Å²) >= 11 is 0. The van der Waals surface area contributed by atoms with Crippen molar-refractivity contribution in [1.29, 1.82) is 0 Å². The van der Waals surface area contributed by atoms with E-state index in [4.69, 9.17) is 4.74 Å². The fraction of sp³-hybridized carbons (Fsp3) is 0.267. The lowest BCUT2D eigenvalue weighted by molar-refractivity contribution is 0.0813. The topological polar surface area (TPSA) is 64.1 Å². The van der Waals surface area contributed by atoms with Gasteiger partial charge in [-0.05, 0) is 12.5 Å². The smallest absolute Gasteiger partial charge is 0.273 e. The van der Waals surface area contributed by atoms with Crippen molar-refractivity contribution >= 4 is 5.91 Å². The van der Waals surface area contributed by atoms with Crippen LogP contribution in [0.5, 0.6) is 0 Å². The standard InChI is InChI=1S/C15H13F2N3O2/c16-10-6-11(17)13(19-8-10)15(21)20-12-3-5-22-14(12)9-2-1-4-18-7-9/h1-2,4,6-8,12,14H,3,5H2,(H,20,21)/t12-,14+/m0/s1. The Morgan fingerprint density at radius 2 is 2.23 bits per heavy atom. The maximum Gasteiger partial charge on any atom is 0.273 e. The zero-order valence-electron chi connectivity index (χ0n) is 11.5. The SMILES string of the molecule is O=C(N[C@H]1CCO[C@@H]1c1cccnc1)c1ncc(F)cc1F. The van der Waals surface area contributed by atoms with Gasteiger partial charge in [0.05, 0.1) is 12.2 Å². The number of hydrogen-bond acceptors (Lipinski definition) is 4. The number of nitrogens with one attached hydrogen (secondary N) is 1. The zero-order chi connectivity index (χ0) is 15.5. The van der Waals surface area contributed by atoms with Crippen molar-refractivity contribution in [2.24, 2.45) is 0 Å². The molecule has 0 bridgehead atoms. The number of ether oxygens (including phenoxy) is 1. The van der Waals surface area contributed by atoms with Crippen LogP contribution in [-0.4, -0.2) is 28.5 Å². The average Bonchev–Trinajstić information content (AvgIpc) is 2.96. The molecule has 1 aliphatic rings. The Hall–Kier alpha value is -2.41. The maximum absolute atomic E-state index is 13.6. The first-order valence-corrected chi connectivity index (χ1v) is 6.78. The molecule has 2 aromatic rings. The number of nitrogens with zero attached hydrogens (tertiary/aromatic N) is 2. The number of halogens is 2. The van der Waals surface area contributed by atoms with Gasteiger partial charge in [0.15, 0.2) is 11.5 Å². The van der Waals surface area contributed by atoms with Crippen molar-refractivity contribution in [2.75, 3.05) is 6.61 Å². The molecule has 3 heterocycles. The van der Waals surface area contributed by atoms with Crippen LogP contribution in [0.3, 0.4) is 0 Å². The Labute approximate surface area is 125 Å². The van der Waals surface area contributed by atoms with E-state index >= 15 is 0 Å². The molecule has 2 atom stereocenters. The molecule has 0 spiro atoms. The second-order valence-electron chi connectivity index (χ2n) is 4.93. The molecule has 1 N–H and O–H groups in total. The van der Waals surface area contributed by atoms with Gasteiger partial charge in [0.2, 0.25) is 0 Å². The van der Waals surface area contributed by atoms with Gasteiger partial charge in [-0.25, -0.2) is 13.8 Å². The summed E-state index contributed by atoms with van der Waals surface area (Å²) < 4.78 is 32.0. The van der Waals surface area contributed by atoms with Crippen LogP contribution in [0.25, 0.3) is 0 Å². The van der Waals surface area contributed by atoms with Crippen molar-refractivity contribution in [3.63, 3.8) is 0 Å². The second-order valence-corrected chi connectivity index (χ2v) is 4.93. The molecule has 114 valence electrons. The van der Waals surface area contributed by atoms with Crippen molar-refractivity contribution < 1.29 is 18.3 Å². The number of aromatic nitrogens is 2. The van der Waals surface area contributed by atoms with E-state index in [0.29, 0.717) is 19.1 Å². The van der Waals surface area contributed by atoms with Crippen LogP contribution in [0.15, 0.2) is 36.8 Å². The molecule has 3 rings (SSSR count). The lowest BCUT2D eigenvalue weighted by Crippen LogP contribution is -2.37.